The zero-order chi connectivity index (χ0) is 13.3. The summed E-state index contributed by atoms with van der Waals surface area (Å²) in [5.41, 5.74) is 0.580. The Hall–Kier alpha value is -1.92. The summed E-state index contributed by atoms with van der Waals surface area (Å²) in [7, 11) is 0. The van der Waals surface area contributed by atoms with Gasteiger partial charge in [-0.1, -0.05) is 23.7 Å². The van der Waals surface area contributed by atoms with Crippen LogP contribution < -0.4 is 0 Å². The predicted molar refractivity (Wildman–Crippen MR) is 68.4 cm³/mol. The van der Waals surface area contributed by atoms with Gasteiger partial charge in [-0.3, -0.25) is 10.1 Å². The van der Waals surface area contributed by atoms with Crippen LogP contribution in [0.25, 0.3) is 11.1 Å². The monoisotopic (exact) mass is 283 g/mol. The van der Waals surface area contributed by atoms with Gasteiger partial charge in [0.25, 0.3) is 5.69 Å². The van der Waals surface area contributed by atoms with Gasteiger partial charge >= 0.3 is 5.97 Å². The van der Waals surface area contributed by atoms with E-state index >= 15 is 0 Å². The summed E-state index contributed by atoms with van der Waals surface area (Å²) < 4.78 is 0.224. The molecule has 0 saturated heterocycles. The van der Waals surface area contributed by atoms with Crippen molar-refractivity contribution in [2.75, 3.05) is 0 Å². The first-order valence-electron chi connectivity index (χ1n) is 4.77. The van der Waals surface area contributed by atoms with Crippen LogP contribution in [-0.4, -0.2) is 16.0 Å². The van der Waals surface area contributed by atoms with Gasteiger partial charge in [0.05, 0.1) is 10.5 Å². The minimum Gasteiger partial charge on any atom is -0.477 e. The van der Waals surface area contributed by atoms with Gasteiger partial charge in [0.15, 0.2) is 0 Å². The van der Waals surface area contributed by atoms with Crippen LogP contribution in [0, 0.1) is 10.1 Å². The van der Waals surface area contributed by atoms with E-state index in [-0.39, 0.29) is 14.9 Å². The first kappa shape index (κ1) is 12.5. The molecule has 1 N–H and O–H groups in total. The lowest BCUT2D eigenvalue weighted by molar-refractivity contribution is -0.384. The fourth-order valence-electron chi connectivity index (χ4n) is 1.52. The first-order valence-corrected chi connectivity index (χ1v) is 5.96. The second kappa shape index (κ2) is 4.75. The average molecular weight is 284 g/mol. The molecule has 2 rings (SSSR count). The Morgan fingerprint density at radius 1 is 1.33 bits per heavy atom. The van der Waals surface area contributed by atoms with Crippen molar-refractivity contribution in [3.63, 3.8) is 0 Å². The Balaban J connectivity index is 2.62. The molecule has 5 nitrogen and oxygen atoms in total. The number of hydrogen-bond donors (Lipinski definition) is 1. The van der Waals surface area contributed by atoms with Crippen molar-refractivity contribution in [2.45, 2.75) is 0 Å². The third-order valence-corrected chi connectivity index (χ3v) is 3.64. The quantitative estimate of drug-likeness (QED) is 0.688. The maximum Gasteiger partial charge on any atom is 0.345 e. The first-order chi connectivity index (χ1) is 8.50. The molecule has 18 heavy (non-hydrogen) atoms. The van der Waals surface area contributed by atoms with Gasteiger partial charge in [-0.25, -0.2) is 4.79 Å². The third kappa shape index (κ3) is 2.20. The van der Waals surface area contributed by atoms with E-state index in [0.29, 0.717) is 11.1 Å². The summed E-state index contributed by atoms with van der Waals surface area (Å²) in [5.74, 6) is -1.10. The van der Waals surface area contributed by atoms with Gasteiger partial charge in [0, 0.05) is 11.6 Å². The number of carboxylic acids is 1. The molecular weight excluding hydrogens is 278 g/mol. The maximum absolute atomic E-state index is 10.9. The van der Waals surface area contributed by atoms with Crippen molar-refractivity contribution in [1.82, 2.24) is 0 Å². The third-order valence-electron chi connectivity index (χ3n) is 2.29. The molecule has 0 bridgehead atoms. The highest BCUT2D eigenvalue weighted by molar-refractivity contribution is 7.18. The molecule has 7 heteroatoms. The van der Waals surface area contributed by atoms with E-state index in [1.54, 1.807) is 12.1 Å². The van der Waals surface area contributed by atoms with Crippen molar-refractivity contribution in [3.8, 4) is 11.1 Å². The van der Waals surface area contributed by atoms with Crippen molar-refractivity contribution in [2.24, 2.45) is 0 Å². The van der Waals surface area contributed by atoms with Crippen molar-refractivity contribution < 1.29 is 14.8 Å². The molecule has 0 fully saturated rings. The van der Waals surface area contributed by atoms with E-state index < -0.39 is 10.9 Å². The molecule has 0 spiro atoms. The maximum atomic E-state index is 10.9. The van der Waals surface area contributed by atoms with Crippen molar-refractivity contribution >= 4 is 34.6 Å². The summed E-state index contributed by atoms with van der Waals surface area (Å²) in [6.45, 7) is 0. The molecule has 0 unspecified atom stereocenters. The Morgan fingerprint density at radius 3 is 2.56 bits per heavy atom. The van der Waals surface area contributed by atoms with Crippen LogP contribution in [0.1, 0.15) is 9.67 Å². The molecule has 1 heterocycles. The molecule has 0 aliphatic heterocycles. The number of thiophene rings is 1. The highest BCUT2D eigenvalue weighted by Crippen LogP contribution is 2.39. The zero-order valence-electron chi connectivity index (χ0n) is 8.79. The van der Waals surface area contributed by atoms with Crippen molar-refractivity contribution in [1.29, 1.82) is 0 Å². The SMILES string of the molecule is O=C(O)c1cc(-c2ccccc2[N+](=O)[O-])c(Cl)s1. The number of nitro groups is 1. The summed E-state index contributed by atoms with van der Waals surface area (Å²) in [6.07, 6.45) is 0. The van der Waals surface area contributed by atoms with Crippen LogP contribution >= 0.6 is 22.9 Å². The summed E-state index contributed by atoms with van der Waals surface area (Å²) in [5, 5.41) is 19.8. The van der Waals surface area contributed by atoms with Gasteiger partial charge in [-0.15, -0.1) is 11.3 Å². The number of rotatable bonds is 3. The van der Waals surface area contributed by atoms with Crippen molar-refractivity contribution in [3.05, 3.63) is 49.7 Å². The summed E-state index contributed by atoms with van der Waals surface area (Å²) in [4.78, 5) is 21.3. The van der Waals surface area contributed by atoms with Crippen LogP contribution in [0.4, 0.5) is 5.69 Å². The van der Waals surface area contributed by atoms with Gasteiger partial charge in [0.2, 0.25) is 0 Å². The Labute approximate surface area is 110 Å². The summed E-state index contributed by atoms with van der Waals surface area (Å²) >= 11 is 6.81. The number of hydrogen-bond acceptors (Lipinski definition) is 4. The lowest BCUT2D eigenvalue weighted by Gasteiger charge is -2.00. The number of nitrogens with zero attached hydrogens (tertiary/aromatic N) is 1. The fourth-order valence-corrected chi connectivity index (χ4v) is 2.66. The molecular formula is C11H6ClNO4S. The molecule has 2 aromatic rings. The van der Waals surface area contributed by atoms with E-state index in [2.05, 4.69) is 0 Å². The van der Waals surface area contributed by atoms with Crippen LogP contribution in [0.2, 0.25) is 4.34 Å². The smallest absolute Gasteiger partial charge is 0.345 e. The molecule has 0 amide bonds. The molecule has 92 valence electrons. The van der Waals surface area contributed by atoms with E-state index in [4.69, 9.17) is 16.7 Å². The number of halogens is 1. The largest absolute Gasteiger partial charge is 0.477 e. The molecule has 0 radical (unpaired) electrons. The van der Waals surface area contributed by atoms with Gasteiger partial charge in [-0.2, -0.15) is 0 Å². The Bertz CT molecular complexity index is 638. The van der Waals surface area contributed by atoms with E-state index in [9.17, 15) is 14.9 Å². The minimum atomic E-state index is -1.10. The van der Waals surface area contributed by atoms with Crippen LogP contribution in [-0.2, 0) is 0 Å². The van der Waals surface area contributed by atoms with E-state index in [1.165, 1.54) is 18.2 Å². The number of aromatic carboxylic acids is 1. The standard InChI is InChI=1S/C11H6ClNO4S/c12-10-7(5-9(18-10)11(14)15)6-3-1-2-4-8(6)13(16)17/h1-5H,(H,14,15). The number of benzene rings is 1. The van der Waals surface area contributed by atoms with Crippen LogP contribution in [0.5, 0.6) is 0 Å². The lowest BCUT2D eigenvalue weighted by atomic mass is 10.1. The fraction of sp³-hybridized carbons (Fsp3) is 0. The topological polar surface area (TPSA) is 80.4 Å². The minimum absolute atomic E-state index is 0.0492. The molecule has 1 aromatic heterocycles. The normalized spacial score (nSPS) is 10.3. The van der Waals surface area contributed by atoms with Crippen LogP contribution in [0.3, 0.4) is 0 Å². The molecule has 0 aliphatic rings. The highest BCUT2D eigenvalue weighted by Gasteiger charge is 2.20. The molecule has 0 atom stereocenters. The number of para-hydroxylation sites is 1. The molecule has 1 aromatic carbocycles. The van der Waals surface area contributed by atoms with Crippen LogP contribution in [0.15, 0.2) is 30.3 Å². The number of carbonyl (C=O) groups is 1. The lowest BCUT2D eigenvalue weighted by Crippen LogP contribution is -1.92. The number of nitro benzene ring substituents is 1. The van der Waals surface area contributed by atoms with Gasteiger partial charge in [-0.05, 0) is 12.1 Å². The Morgan fingerprint density at radius 2 is 2.00 bits per heavy atom. The number of carboxylic acid groups (broad SMARTS) is 1. The average Bonchev–Trinajstić information content (AvgIpc) is 2.71. The second-order valence-corrected chi connectivity index (χ2v) is 5.03. The zero-order valence-corrected chi connectivity index (χ0v) is 10.4. The second-order valence-electron chi connectivity index (χ2n) is 3.38. The molecule has 0 aliphatic carbocycles. The van der Waals surface area contributed by atoms with E-state index in [1.807, 2.05) is 0 Å². The van der Waals surface area contributed by atoms with Gasteiger partial charge < -0.3 is 5.11 Å². The summed E-state index contributed by atoms with van der Waals surface area (Å²) in [6, 6.07) is 7.41. The highest BCUT2D eigenvalue weighted by atomic mass is 35.5. The predicted octanol–water partition coefficient (Wildman–Crippen LogP) is 3.67. The molecule has 0 saturated carbocycles. The van der Waals surface area contributed by atoms with Gasteiger partial charge in [0.1, 0.15) is 9.21 Å². The Kier molecular flexibility index (Phi) is 3.31. The van der Waals surface area contributed by atoms with E-state index in [0.717, 1.165) is 11.3 Å².